The highest BCUT2D eigenvalue weighted by molar-refractivity contribution is 7.91. The number of aryl methyl sites for hydroxylation is 1. The summed E-state index contributed by atoms with van der Waals surface area (Å²) in [6.45, 7) is 4.68. The van der Waals surface area contributed by atoms with E-state index in [1.807, 2.05) is 43.9 Å². The number of esters is 1. The predicted octanol–water partition coefficient (Wildman–Crippen LogP) is 0.518. The first-order chi connectivity index (χ1) is 12.5. The second kappa shape index (κ2) is 11.6. The van der Waals surface area contributed by atoms with Crippen LogP contribution in [0.25, 0.3) is 6.08 Å². The first-order valence-electron chi connectivity index (χ1n) is 7.80. The number of primary sulfonamides is 1. The number of nitrogens with two attached hydrogens (primary N) is 1. The Bertz CT molecular complexity index is 793. The van der Waals surface area contributed by atoms with Crippen molar-refractivity contribution >= 4 is 39.6 Å². The molecular formula is C16H25N3O6S2. The van der Waals surface area contributed by atoms with Crippen LogP contribution in [-0.4, -0.2) is 71.2 Å². The first-order valence-corrected chi connectivity index (χ1v) is 10.2. The zero-order valence-corrected chi connectivity index (χ0v) is 17.6. The van der Waals surface area contributed by atoms with Crippen molar-refractivity contribution in [2.24, 2.45) is 5.14 Å². The van der Waals surface area contributed by atoms with Gasteiger partial charge in [-0.3, -0.25) is 9.69 Å². The highest BCUT2D eigenvalue weighted by atomic mass is 32.2. The van der Waals surface area contributed by atoms with Crippen LogP contribution in [0.3, 0.4) is 0 Å². The molecule has 0 bridgehead atoms. The van der Waals surface area contributed by atoms with Crippen molar-refractivity contribution in [3.8, 4) is 0 Å². The van der Waals surface area contributed by atoms with Crippen molar-refractivity contribution in [2.75, 3.05) is 40.8 Å². The molecule has 27 heavy (non-hydrogen) atoms. The van der Waals surface area contributed by atoms with Crippen LogP contribution in [0.2, 0.25) is 0 Å². The van der Waals surface area contributed by atoms with Gasteiger partial charge in [0, 0.05) is 31.2 Å². The standard InChI is InChI=1S/C15H25N3O4S2.CO2/c1-6-22-14(19)10-18(5)9-13(17(3)4)7-12-8-15(23-11(12)2)24(16,20)21;2-1-3/h7-8H,6,9-10H2,1-5H3,(H2,16,20,21);/b13-7-;. The van der Waals surface area contributed by atoms with Crippen LogP contribution >= 0.6 is 11.3 Å². The molecule has 1 aromatic heterocycles. The Morgan fingerprint density at radius 3 is 2.26 bits per heavy atom. The fraction of sp³-hybridized carbons (Fsp3) is 0.500. The number of nitrogens with zero attached hydrogens (tertiary/aromatic N) is 2. The van der Waals surface area contributed by atoms with Crippen LogP contribution in [-0.2, 0) is 29.1 Å². The Balaban J connectivity index is 0.00000210. The third kappa shape index (κ3) is 9.45. The van der Waals surface area contributed by atoms with Gasteiger partial charge < -0.3 is 9.64 Å². The number of hydrogen-bond acceptors (Lipinski definition) is 9. The predicted molar refractivity (Wildman–Crippen MR) is 101 cm³/mol. The molecule has 0 spiro atoms. The van der Waals surface area contributed by atoms with E-state index in [-0.39, 0.29) is 22.9 Å². The summed E-state index contributed by atoms with van der Waals surface area (Å²) < 4.78 is 28.0. The van der Waals surface area contributed by atoms with Crippen molar-refractivity contribution in [1.82, 2.24) is 9.80 Å². The van der Waals surface area contributed by atoms with Gasteiger partial charge in [0.05, 0.1) is 13.2 Å². The molecule has 0 aromatic carbocycles. The van der Waals surface area contributed by atoms with E-state index in [2.05, 4.69) is 0 Å². The van der Waals surface area contributed by atoms with Crippen LogP contribution in [0.4, 0.5) is 0 Å². The molecule has 0 saturated heterocycles. The molecule has 0 aliphatic carbocycles. The Labute approximate surface area is 163 Å². The fourth-order valence-electron chi connectivity index (χ4n) is 2.01. The molecule has 0 aliphatic heterocycles. The maximum Gasteiger partial charge on any atom is 0.373 e. The molecule has 1 aromatic rings. The highest BCUT2D eigenvalue weighted by Gasteiger charge is 2.15. The van der Waals surface area contributed by atoms with Gasteiger partial charge in [-0.05, 0) is 38.6 Å². The minimum atomic E-state index is -3.70. The molecule has 0 fully saturated rings. The maximum atomic E-state index is 11.6. The van der Waals surface area contributed by atoms with Crippen molar-refractivity contribution in [3.05, 3.63) is 22.2 Å². The van der Waals surface area contributed by atoms with Crippen molar-refractivity contribution < 1.29 is 27.5 Å². The number of sulfonamides is 1. The summed E-state index contributed by atoms with van der Waals surface area (Å²) in [7, 11) is 1.91. The Kier molecular flexibility index (Phi) is 10.7. The van der Waals surface area contributed by atoms with Gasteiger partial charge in [0.2, 0.25) is 10.0 Å². The second-order valence-electron chi connectivity index (χ2n) is 5.71. The monoisotopic (exact) mass is 419 g/mol. The van der Waals surface area contributed by atoms with Crippen molar-refractivity contribution in [2.45, 2.75) is 18.1 Å². The topological polar surface area (TPSA) is 127 Å². The van der Waals surface area contributed by atoms with Crippen LogP contribution in [0.15, 0.2) is 16.0 Å². The molecule has 0 atom stereocenters. The molecular weight excluding hydrogens is 394 g/mol. The summed E-state index contributed by atoms with van der Waals surface area (Å²) in [6, 6.07) is 1.57. The van der Waals surface area contributed by atoms with E-state index in [1.54, 1.807) is 13.0 Å². The van der Waals surface area contributed by atoms with Crippen molar-refractivity contribution in [3.63, 3.8) is 0 Å². The zero-order chi connectivity index (χ0) is 21.2. The third-order valence-electron chi connectivity index (χ3n) is 3.25. The van der Waals surface area contributed by atoms with E-state index in [9.17, 15) is 13.2 Å². The minimum absolute atomic E-state index is 0.143. The van der Waals surface area contributed by atoms with Gasteiger partial charge in [0.25, 0.3) is 0 Å². The largest absolute Gasteiger partial charge is 0.465 e. The second-order valence-corrected chi connectivity index (χ2v) is 8.76. The average molecular weight is 420 g/mol. The summed E-state index contributed by atoms with van der Waals surface area (Å²) in [4.78, 5) is 32.4. The van der Waals surface area contributed by atoms with E-state index in [1.165, 1.54) is 0 Å². The molecule has 9 nitrogen and oxygen atoms in total. The fourth-order valence-corrected chi connectivity index (χ4v) is 3.86. The smallest absolute Gasteiger partial charge is 0.373 e. The lowest BCUT2D eigenvalue weighted by Crippen LogP contribution is -2.32. The molecule has 152 valence electrons. The molecule has 11 heteroatoms. The summed E-state index contributed by atoms with van der Waals surface area (Å²) >= 11 is 1.15. The number of hydrogen-bond donors (Lipinski definition) is 1. The van der Waals surface area contributed by atoms with Crippen LogP contribution in [0.1, 0.15) is 17.4 Å². The molecule has 1 heterocycles. The number of carbonyl (C=O) groups is 1. The molecule has 0 aliphatic rings. The molecule has 0 amide bonds. The lowest BCUT2D eigenvalue weighted by atomic mass is 10.2. The lowest BCUT2D eigenvalue weighted by Gasteiger charge is -2.23. The number of likely N-dealkylation sites (N-methyl/N-ethyl adjacent to an activating group) is 2. The molecule has 1 rings (SSSR count). The van der Waals surface area contributed by atoms with E-state index >= 15 is 0 Å². The molecule has 2 N–H and O–H groups in total. The van der Waals surface area contributed by atoms with E-state index in [4.69, 9.17) is 19.5 Å². The Hall–Kier alpha value is -2.04. The van der Waals surface area contributed by atoms with E-state index in [0.29, 0.717) is 13.2 Å². The van der Waals surface area contributed by atoms with Crippen LogP contribution < -0.4 is 5.14 Å². The Morgan fingerprint density at radius 2 is 1.85 bits per heavy atom. The summed E-state index contributed by atoms with van der Waals surface area (Å²) in [5.74, 6) is -0.277. The van der Waals surface area contributed by atoms with Gasteiger partial charge >= 0.3 is 12.1 Å². The third-order valence-corrected chi connectivity index (χ3v) is 5.73. The summed E-state index contributed by atoms with van der Waals surface area (Å²) in [5, 5.41) is 5.19. The quantitative estimate of drug-likeness (QED) is 0.604. The first kappa shape index (κ1) is 25.0. The summed E-state index contributed by atoms with van der Waals surface area (Å²) in [6.07, 6.45) is 2.15. The molecule has 0 radical (unpaired) electrons. The zero-order valence-electron chi connectivity index (χ0n) is 16.0. The number of thiophene rings is 1. The van der Waals surface area contributed by atoms with E-state index < -0.39 is 10.0 Å². The van der Waals surface area contributed by atoms with Gasteiger partial charge in [-0.25, -0.2) is 13.6 Å². The van der Waals surface area contributed by atoms with Crippen molar-refractivity contribution in [1.29, 1.82) is 0 Å². The normalized spacial score (nSPS) is 11.4. The van der Waals surface area contributed by atoms with Crippen LogP contribution in [0.5, 0.6) is 0 Å². The average Bonchev–Trinajstić information content (AvgIpc) is 2.88. The summed E-state index contributed by atoms with van der Waals surface area (Å²) in [5.41, 5.74) is 1.74. The number of ether oxygens (including phenoxy) is 1. The molecule has 0 saturated carbocycles. The van der Waals surface area contributed by atoms with Gasteiger partial charge in [0.15, 0.2) is 0 Å². The highest BCUT2D eigenvalue weighted by Crippen LogP contribution is 2.27. The minimum Gasteiger partial charge on any atom is -0.465 e. The van der Waals surface area contributed by atoms with E-state index in [0.717, 1.165) is 27.5 Å². The van der Waals surface area contributed by atoms with Gasteiger partial charge in [-0.15, -0.1) is 11.3 Å². The Morgan fingerprint density at radius 1 is 1.30 bits per heavy atom. The molecule has 0 unspecified atom stereocenters. The SMILES string of the molecule is CCOC(=O)CN(C)C/C(=C/c1cc(S(N)(=O)=O)sc1C)N(C)C.O=C=O. The van der Waals surface area contributed by atoms with Gasteiger partial charge in [-0.1, -0.05) is 0 Å². The van der Waals surface area contributed by atoms with Gasteiger partial charge in [-0.2, -0.15) is 9.59 Å². The number of rotatable bonds is 8. The maximum absolute atomic E-state index is 11.6. The number of carbonyl (C=O) groups excluding carboxylic acids is 3. The van der Waals surface area contributed by atoms with Crippen LogP contribution in [0, 0.1) is 6.92 Å². The lowest BCUT2D eigenvalue weighted by molar-refractivity contribution is -0.191. The van der Waals surface area contributed by atoms with Gasteiger partial charge in [0.1, 0.15) is 4.21 Å².